The Balaban J connectivity index is 3.40. The van der Waals surface area contributed by atoms with Gasteiger partial charge in [0, 0.05) is 12.2 Å². The maximum Gasteiger partial charge on any atom is 0.176 e. The van der Waals surface area contributed by atoms with Gasteiger partial charge in [0.05, 0.1) is 12.7 Å². The van der Waals surface area contributed by atoms with E-state index in [2.05, 4.69) is 6.92 Å². The van der Waals surface area contributed by atoms with Gasteiger partial charge < -0.3 is 9.84 Å². The van der Waals surface area contributed by atoms with Crippen molar-refractivity contribution in [2.45, 2.75) is 116 Å². The molecule has 2 atom stereocenters. The highest BCUT2D eigenvalue weighted by molar-refractivity contribution is 7.91. The van der Waals surface area contributed by atoms with E-state index in [1.54, 1.807) is 6.92 Å². The summed E-state index contributed by atoms with van der Waals surface area (Å²) < 4.78 is 28.5. The van der Waals surface area contributed by atoms with Crippen LogP contribution in [0.25, 0.3) is 0 Å². The minimum absolute atomic E-state index is 0.0253. The highest BCUT2D eigenvalue weighted by Crippen LogP contribution is 2.13. The first-order valence-electron chi connectivity index (χ1n) is 10.4. The third-order valence-corrected chi connectivity index (χ3v) is 6.67. The van der Waals surface area contributed by atoms with Crippen LogP contribution in [-0.4, -0.2) is 37.4 Å². The fourth-order valence-electron chi connectivity index (χ4n) is 2.92. The molecular weight excluding hydrogens is 336 g/mol. The molecule has 25 heavy (non-hydrogen) atoms. The van der Waals surface area contributed by atoms with Crippen molar-refractivity contribution in [1.82, 2.24) is 0 Å². The summed E-state index contributed by atoms with van der Waals surface area (Å²) in [6, 6.07) is 0. The zero-order valence-electron chi connectivity index (χ0n) is 16.8. The molecule has 0 heterocycles. The molecule has 0 saturated heterocycles. The summed E-state index contributed by atoms with van der Waals surface area (Å²) in [5, 5.41) is 9.60. The van der Waals surface area contributed by atoms with Gasteiger partial charge in [-0.1, -0.05) is 84.5 Å². The molecule has 0 spiro atoms. The van der Waals surface area contributed by atoms with Crippen molar-refractivity contribution in [3.63, 3.8) is 0 Å². The summed E-state index contributed by atoms with van der Waals surface area (Å²) in [5.41, 5.74) is -1.29. The molecule has 0 aliphatic heterocycles. The van der Waals surface area contributed by atoms with Crippen LogP contribution in [0.2, 0.25) is 0 Å². The van der Waals surface area contributed by atoms with E-state index >= 15 is 0 Å². The summed E-state index contributed by atoms with van der Waals surface area (Å²) in [6.45, 7) is 6.14. The Hall–Kier alpha value is -0.130. The van der Waals surface area contributed by atoms with Gasteiger partial charge in [0.1, 0.15) is 0 Å². The molecule has 0 aromatic rings. The zero-order valence-corrected chi connectivity index (χ0v) is 17.7. The van der Waals surface area contributed by atoms with Gasteiger partial charge in [-0.15, -0.1) is 0 Å². The molecule has 0 fully saturated rings. The number of hydrogen-bond donors (Lipinski definition) is 1. The van der Waals surface area contributed by atoms with Gasteiger partial charge in [-0.2, -0.15) is 0 Å². The number of ether oxygens (including phenoxy) is 1. The predicted molar refractivity (Wildman–Crippen MR) is 107 cm³/mol. The monoisotopic (exact) mass is 378 g/mol. The van der Waals surface area contributed by atoms with Gasteiger partial charge >= 0.3 is 0 Å². The molecule has 0 radical (unpaired) electrons. The van der Waals surface area contributed by atoms with E-state index in [0.29, 0.717) is 6.61 Å². The lowest BCUT2D eigenvalue weighted by Gasteiger charge is -2.15. The molecule has 0 aromatic carbocycles. The molecule has 152 valence electrons. The molecule has 4 nitrogen and oxygen atoms in total. The fraction of sp³-hybridized carbons (Fsp3) is 1.00. The zero-order chi connectivity index (χ0) is 19.0. The van der Waals surface area contributed by atoms with Gasteiger partial charge in [0.25, 0.3) is 0 Å². The Morgan fingerprint density at radius 1 is 0.800 bits per heavy atom. The van der Waals surface area contributed by atoms with Crippen molar-refractivity contribution in [3.8, 4) is 0 Å². The van der Waals surface area contributed by atoms with Crippen molar-refractivity contribution in [2.24, 2.45) is 0 Å². The summed E-state index contributed by atoms with van der Waals surface area (Å²) in [5.74, 6) is -0.0253. The molecule has 1 N–H and O–H groups in total. The molecule has 0 amide bonds. The van der Waals surface area contributed by atoms with E-state index in [1.807, 2.05) is 6.92 Å². The van der Waals surface area contributed by atoms with Crippen molar-refractivity contribution in [1.29, 1.82) is 0 Å². The second kappa shape index (κ2) is 16.1. The average Bonchev–Trinajstić information content (AvgIpc) is 2.59. The van der Waals surface area contributed by atoms with E-state index in [9.17, 15) is 13.5 Å². The van der Waals surface area contributed by atoms with Gasteiger partial charge in [0.2, 0.25) is 0 Å². The summed E-state index contributed by atoms with van der Waals surface area (Å²) in [4.78, 5) is 0. The Kier molecular flexibility index (Phi) is 16.0. The summed E-state index contributed by atoms with van der Waals surface area (Å²) in [6.07, 6.45) is 16.0. The Labute approximate surface area is 156 Å². The van der Waals surface area contributed by atoms with Crippen LogP contribution in [0.3, 0.4) is 0 Å². The van der Waals surface area contributed by atoms with Crippen LogP contribution in [-0.2, 0) is 14.6 Å². The largest absolute Gasteiger partial charge is 0.378 e. The second-order valence-corrected chi connectivity index (χ2v) is 9.65. The molecule has 0 aromatic heterocycles. The number of aliphatic hydroxyl groups is 1. The Bertz CT molecular complexity index is 381. The highest BCUT2D eigenvalue weighted by Gasteiger charge is 2.20. The smallest absolute Gasteiger partial charge is 0.176 e. The van der Waals surface area contributed by atoms with Crippen LogP contribution in [0.5, 0.6) is 0 Å². The molecular formula is C20H42O4S. The minimum Gasteiger partial charge on any atom is -0.378 e. The SMILES string of the molecule is CCCCCCCCCCCCCC(C)OCCC(O)S(=O)(=O)CC. The fourth-order valence-corrected chi connectivity index (χ4v) is 3.76. The first kappa shape index (κ1) is 24.9. The summed E-state index contributed by atoms with van der Waals surface area (Å²) in [7, 11) is -3.36. The second-order valence-electron chi connectivity index (χ2n) is 7.20. The molecule has 2 unspecified atom stereocenters. The molecule has 0 aliphatic rings. The van der Waals surface area contributed by atoms with Crippen molar-refractivity contribution in [2.75, 3.05) is 12.4 Å². The lowest BCUT2D eigenvalue weighted by Crippen LogP contribution is -2.25. The van der Waals surface area contributed by atoms with Gasteiger partial charge in [0.15, 0.2) is 15.3 Å². The maximum atomic E-state index is 11.5. The number of unbranched alkanes of at least 4 members (excludes halogenated alkanes) is 10. The van der Waals surface area contributed by atoms with Crippen molar-refractivity contribution < 1.29 is 18.3 Å². The third kappa shape index (κ3) is 14.7. The first-order chi connectivity index (χ1) is 11.9. The van der Waals surface area contributed by atoms with Crippen LogP contribution in [0.15, 0.2) is 0 Å². The number of aliphatic hydroxyl groups excluding tert-OH is 1. The third-order valence-electron chi connectivity index (χ3n) is 4.80. The lowest BCUT2D eigenvalue weighted by atomic mass is 10.0. The lowest BCUT2D eigenvalue weighted by molar-refractivity contribution is 0.0442. The normalized spacial score (nSPS) is 14.6. The van der Waals surface area contributed by atoms with Crippen LogP contribution < -0.4 is 0 Å². The molecule has 0 bridgehead atoms. The first-order valence-corrected chi connectivity index (χ1v) is 12.2. The molecule has 5 heteroatoms. The number of hydrogen-bond acceptors (Lipinski definition) is 4. The standard InChI is InChI=1S/C20H42O4S/c1-4-6-7-8-9-10-11-12-13-14-15-16-19(3)24-18-17-20(21)25(22,23)5-2/h19-21H,4-18H2,1-3H3. The summed E-state index contributed by atoms with van der Waals surface area (Å²) >= 11 is 0. The van der Waals surface area contributed by atoms with Gasteiger partial charge in [-0.05, 0) is 13.3 Å². The highest BCUT2D eigenvalue weighted by atomic mass is 32.2. The topological polar surface area (TPSA) is 63.6 Å². The Morgan fingerprint density at radius 3 is 1.76 bits per heavy atom. The quantitative estimate of drug-likeness (QED) is 0.331. The van der Waals surface area contributed by atoms with Crippen LogP contribution in [0, 0.1) is 0 Å². The van der Waals surface area contributed by atoms with Gasteiger partial charge in [-0.25, -0.2) is 8.42 Å². The van der Waals surface area contributed by atoms with E-state index in [-0.39, 0.29) is 18.3 Å². The Morgan fingerprint density at radius 2 is 1.28 bits per heavy atom. The van der Waals surface area contributed by atoms with E-state index in [1.165, 1.54) is 64.2 Å². The maximum absolute atomic E-state index is 11.5. The molecule has 0 saturated carbocycles. The minimum atomic E-state index is -3.36. The number of rotatable bonds is 18. The van der Waals surface area contributed by atoms with Gasteiger partial charge in [-0.3, -0.25) is 0 Å². The molecule has 0 rings (SSSR count). The van der Waals surface area contributed by atoms with Crippen LogP contribution >= 0.6 is 0 Å². The van der Waals surface area contributed by atoms with Crippen LogP contribution in [0.4, 0.5) is 0 Å². The van der Waals surface area contributed by atoms with E-state index < -0.39 is 15.3 Å². The van der Waals surface area contributed by atoms with E-state index in [0.717, 1.165) is 12.8 Å². The molecule has 0 aliphatic carbocycles. The average molecular weight is 379 g/mol. The number of sulfone groups is 1. The van der Waals surface area contributed by atoms with Crippen molar-refractivity contribution in [3.05, 3.63) is 0 Å². The van der Waals surface area contributed by atoms with Crippen molar-refractivity contribution >= 4 is 9.84 Å². The van der Waals surface area contributed by atoms with Crippen LogP contribution in [0.1, 0.15) is 104 Å². The predicted octanol–water partition coefficient (Wildman–Crippen LogP) is 5.24. The van der Waals surface area contributed by atoms with E-state index in [4.69, 9.17) is 4.74 Å².